The molecule has 7 nitrogen and oxygen atoms in total. The first-order chi connectivity index (χ1) is 13.2. The van der Waals surface area contributed by atoms with Gasteiger partial charge in [-0.25, -0.2) is 9.97 Å². The third-order valence-electron chi connectivity index (χ3n) is 4.67. The van der Waals surface area contributed by atoms with E-state index in [2.05, 4.69) is 25.1 Å². The Morgan fingerprint density at radius 2 is 1.70 bits per heavy atom. The maximum absolute atomic E-state index is 11.7. The van der Waals surface area contributed by atoms with Gasteiger partial charge in [0.15, 0.2) is 5.82 Å². The molecule has 1 aromatic heterocycles. The van der Waals surface area contributed by atoms with Crippen molar-refractivity contribution in [3.8, 4) is 17.1 Å². The highest BCUT2D eigenvalue weighted by atomic mass is 16.5. The zero-order valence-corrected chi connectivity index (χ0v) is 16.0. The summed E-state index contributed by atoms with van der Waals surface area (Å²) < 4.78 is 5.18. The number of piperazine rings is 1. The third-order valence-corrected chi connectivity index (χ3v) is 4.67. The first kappa shape index (κ1) is 19.3. The molecule has 1 N–H and O–H groups in total. The molecule has 2 heterocycles. The molecule has 27 heavy (non-hydrogen) atoms. The lowest BCUT2D eigenvalue weighted by Crippen LogP contribution is -2.49. The molecule has 3 rings (SSSR count). The summed E-state index contributed by atoms with van der Waals surface area (Å²) in [6.45, 7) is 7.64. The molecular formula is C20H27N5O2. The molecular weight excluding hydrogens is 342 g/mol. The smallest absolute Gasteiger partial charge is 0.234 e. The third kappa shape index (κ3) is 5.48. The van der Waals surface area contributed by atoms with Crippen LogP contribution in [-0.4, -0.2) is 72.1 Å². The summed E-state index contributed by atoms with van der Waals surface area (Å²) in [5, 5.41) is 2.85. The number of amides is 1. The van der Waals surface area contributed by atoms with Crippen LogP contribution in [0.2, 0.25) is 0 Å². The van der Waals surface area contributed by atoms with Crippen molar-refractivity contribution in [1.29, 1.82) is 0 Å². The highest BCUT2D eigenvalue weighted by Crippen LogP contribution is 2.19. The number of carbonyl (C=O) groups is 1. The molecule has 144 valence electrons. The number of benzene rings is 1. The molecule has 0 unspecified atom stereocenters. The van der Waals surface area contributed by atoms with Crippen molar-refractivity contribution in [2.24, 2.45) is 0 Å². The van der Waals surface area contributed by atoms with Crippen LogP contribution in [0, 0.1) is 0 Å². The monoisotopic (exact) mass is 369 g/mol. The lowest BCUT2D eigenvalue weighted by Gasteiger charge is -2.34. The maximum Gasteiger partial charge on any atom is 0.234 e. The number of methoxy groups -OCH3 is 1. The Hall–Kier alpha value is -2.51. The van der Waals surface area contributed by atoms with E-state index in [4.69, 9.17) is 4.74 Å². The van der Waals surface area contributed by atoms with Crippen LogP contribution in [0.4, 0.5) is 0 Å². The van der Waals surface area contributed by atoms with E-state index in [-0.39, 0.29) is 5.91 Å². The van der Waals surface area contributed by atoms with Gasteiger partial charge in [-0.2, -0.15) is 0 Å². The van der Waals surface area contributed by atoms with Gasteiger partial charge in [0, 0.05) is 62.8 Å². The molecule has 1 aliphatic rings. The van der Waals surface area contributed by atoms with Crippen molar-refractivity contribution in [2.45, 2.75) is 13.5 Å². The number of likely N-dealkylation sites (N-methyl/N-ethyl adjacent to an activating group) is 1. The van der Waals surface area contributed by atoms with Crippen molar-refractivity contribution >= 4 is 5.91 Å². The Kier molecular flexibility index (Phi) is 6.73. The summed E-state index contributed by atoms with van der Waals surface area (Å²) in [5.74, 6) is 1.64. The van der Waals surface area contributed by atoms with E-state index in [0.717, 1.165) is 49.6 Å². The molecule has 0 atom stereocenters. The van der Waals surface area contributed by atoms with Gasteiger partial charge in [0.05, 0.1) is 13.7 Å². The van der Waals surface area contributed by atoms with E-state index in [1.54, 1.807) is 7.11 Å². The van der Waals surface area contributed by atoms with E-state index in [1.807, 2.05) is 43.6 Å². The molecule has 0 aliphatic carbocycles. The van der Waals surface area contributed by atoms with Crippen LogP contribution in [0.3, 0.4) is 0 Å². The average Bonchev–Trinajstić information content (AvgIpc) is 2.70. The second-order valence-corrected chi connectivity index (χ2v) is 6.65. The van der Waals surface area contributed by atoms with Gasteiger partial charge < -0.3 is 10.1 Å². The van der Waals surface area contributed by atoms with Crippen molar-refractivity contribution in [1.82, 2.24) is 25.1 Å². The van der Waals surface area contributed by atoms with Crippen molar-refractivity contribution in [2.75, 3.05) is 46.4 Å². The van der Waals surface area contributed by atoms with Gasteiger partial charge in [-0.1, -0.05) is 0 Å². The fourth-order valence-corrected chi connectivity index (χ4v) is 3.15. The standard InChI is InChI=1S/C20H27N5O2/c1-3-21-19(26)15-25-10-8-24(9-11-25)14-16-12-22-20(23-13-16)17-4-6-18(27-2)7-5-17/h4-7,12-13H,3,8-11,14-15H2,1-2H3,(H,21,26). The Bertz CT molecular complexity index is 725. The largest absolute Gasteiger partial charge is 0.497 e. The minimum absolute atomic E-state index is 0.105. The minimum Gasteiger partial charge on any atom is -0.497 e. The molecule has 7 heteroatoms. The predicted molar refractivity (Wildman–Crippen MR) is 104 cm³/mol. The van der Waals surface area contributed by atoms with Gasteiger partial charge >= 0.3 is 0 Å². The molecule has 0 bridgehead atoms. The number of nitrogens with one attached hydrogen (secondary N) is 1. The topological polar surface area (TPSA) is 70.6 Å². The summed E-state index contributed by atoms with van der Waals surface area (Å²) in [6, 6.07) is 7.74. The summed E-state index contributed by atoms with van der Waals surface area (Å²) in [6.07, 6.45) is 3.79. The quantitative estimate of drug-likeness (QED) is 0.796. The summed E-state index contributed by atoms with van der Waals surface area (Å²) >= 11 is 0. The van der Waals surface area contributed by atoms with E-state index in [9.17, 15) is 4.79 Å². The van der Waals surface area contributed by atoms with Crippen molar-refractivity contribution in [3.63, 3.8) is 0 Å². The van der Waals surface area contributed by atoms with Gasteiger partial charge in [0.1, 0.15) is 5.75 Å². The van der Waals surface area contributed by atoms with Crippen LogP contribution in [0.15, 0.2) is 36.7 Å². The lowest BCUT2D eigenvalue weighted by molar-refractivity contribution is -0.122. The summed E-state index contributed by atoms with van der Waals surface area (Å²) in [4.78, 5) is 25.3. The van der Waals surface area contributed by atoms with Crippen molar-refractivity contribution < 1.29 is 9.53 Å². The number of aromatic nitrogens is 2. The number of rotatable bonds is 7. The average molecular weight is 369 g/mol. The molecule has 0 radical (unpaired) electrons. The maximum atomic E-state index is 11.7. The molecule has 2 aromatic rings. The zero-order chi connectivity index (χ0) is 19.1. The second kappa shape index (κ2) is 9.43. The number of hydrogen-bond acceptors (Lipinski definition) is 6. The number of hydrogen-bond donors (Lipinski definition) is 1. The molecule has 1 saturated heterocycles. The number of ether oxygens (including phenoxy) is 1. The van der Waals surface area contributed by atoms with Crippen LogP contribution in [0.1, 0.15) is 12.5 Å². The van der Waals surface area contributed by atoms with Gasteiger partial charge in [0.2, 0.25) is 5.91 Å². The number of carbonyl (C=O) groups excluding carboxylic acids is 1. The zero-order valence-electron chi connectivity index (χ0n) is 16.0. The molecule has 0 saturated carbocycles. The van der Waals surface area contributed by atoms with Crippen LogP contribution in [0.25, 0.3) is 11.4 Å². The SMILES string of the molecule is CCNC(=O)CN1CCN(Cc2cnc(-c3ccc(OC)cc3)nc2)CC1. The Labute approximate surface area is 160 Å². The van der Waals surface area contributed by atoms with Crippen molar-refractivity contribution in [3.05, 3.63) is 42.2 Å². The second-order valence-electron chi connectivity index (χ2n) is 6.65. The van der Waals surface area contributed by atoms with Gasteiger partial charge in [-0.05, 0) is 31.2 Å². The van der Waals surface area contributed by atoms with E-state index in [1.165, 1.54) is 0 Å². The van der Waals surface area contributed by atoms with E-state index in [0.29, 0.717) is 18.9 Å². The van der Waals surface area contributed by atoms with Gasteiger partial charge in [0.25, 0.3) is 0 Å². The molecule has 1 aromatic carbocycles. The normalized spacial score (nSPS) is 15.5. The predicted octanol–water partition coefficient (Wildman–Crippen LogP) is 1.41. The van der Waals surface area contributed by atoms with E-state index < -0.39 is 0 Å². The summed E-state index contributed by atoms with van der Waals surface area (Å²) in [7, 11) is 1.65. The molecule has 1 aliphatic heterocycles. The highest BCUT2D eigenvalue weighted by Gasteiger charge is 2.19. The fraction of sp³-hybridized carbons (Fsp3) is 0.450. The Balaban J connectivity index is 1.49. The lowest BCUT2D eigenvalue weighted by atomic mass is 10.2. The van der Waals surface area contributed by atoms with Crippen LogP contribution in [-0.2, 0) is 11.3 Å². The highest BCUT2D eigenvalue weighted by molar-refractivity contribution is 5.77. The first-order valence-electron chi connectivity index (χ1n) is 9.34. The minimum atomic E-state index is 0.105. The first-order valence-corrected chi connectivity index (χ1v) is 9.34. The molecule has 1 fully saturated rings. The van der Waals surface area contributed by atoms with Crippen LogP contribution >= 0.6 is 0 Å². The van der Waals surface area contributed by atoms with Gasteiger partial charge in [-0.15, -0.1) is 0 Å². The van der Waals surface area contributed by atoms with Gasteiger partial charge in [-0.3, -0.25) is 14.6 Å². The van der Waals surface area contributed by atoms with Crippen LogP contribution < -0.4 is 10.1 Å². The molecule has 1 amide bonds. The fourth-order valence-electron chi connectivity index (χ4n) is 3.15. The summed E-state index contributed by atoms with van der Waals surface area (Å²) in [5.41, 5.74) is 2.07. The number of nitrogens with zero attached hydrogens (tertiary/aromatic N) is 4. The Morgan fingerprint density at radius 3 is 2.30 bits per heavy atom. The Morgan fingerprint density at radius 1 is 1.07 bits per heavy atom. The van der Waals surface area contributed by atoms with E-state index >= 15 is 0 Å². The molecule has 0 spiro atoms. The van der Waals surface area contributed by atoms with Crippen LogP contribution in [0.5, 0.6) is 5.75 Å².